The van der Waals surface area contributed by atoms with Crippen LogP contribution >= 0.6 is 24.8 Å². The standard InChI is InChI=1S/C9H16N2O3S2/c12-8(6-16)11-7(1-2-9(13)14)5-10-3-4-15/h4,7,10,16H,1-3,5-6H2,(H,11,12)(H,13,14). The summed E-state index contributed by atoms with van der Waals surface area (Å²) in [4.78, 5) is 21.5. The molecule has 0 rings (SSSR count). The van der Waals surface area contributed by atoms with Crippen LogP contribution in [0.4, 0.5) is 0 Å². The van der Waals surface area contributed by atoms with Crippen molar-refractivity contribution >= 4 is 42.1 Å². The molecule has 0 bridgehead atoms. The predicted octanol–water partition coefficient (Wildman–Crippen LogP) is -0.145. The first-order valence-electron chi connectivity index (χ1n) is 4.86. The lowest BCUT2D eigenvalue weighted by molar-refractivity contribution is -0.137. The molecular weight excluding hydrogens is 248 g/mol. The molecule has 3 N–H and O–H groups in total. The second-order valence-corrected chi connectivity index (χ2v) is 3.83. The van der Waals surface area contributed by atoms with E-state index in [0.29, 0.717) is 19.5 Å². The zero-order chi connectivity index (χ0) is 12.4. The van der Waals surface area contributed by atoms with Gasteiger partial charge < -0.3 is 15.7 Å². The van der Waals surface area contributed by atoms with Gasteiger partial charge in [0.25, 0.3) is 0 Å². The van der Waals surface area contributed by atoms with Gasteiger partial charge in [0, 0.05) is 25.6 Å². The highest BCUT2D eigenvalue weighted by Crippen LogP contribution is 1.97. The molecule has 1 atom stereocenters. The molecule has 0 aliphatic carbocycles. The van der Waals surface area contributed by atoms with Gasteiger partial charge >= 0.3 is 5.97 Å². The lowest BCUT2D eigenvalue weighted by atomic mass is 10.1. The predicted molar refractivity (Wildman–Crippen MR) is 69.2 cm³/mol. The summed E-state index contributed by atoms with van der Waals surface area (Å²) in [5, 5.41) is 15.8. The van der Waals surface area contributed by atoms with E-state index in [-0.39, 0.29) is 24.1 Å². The number of aliphatic carboxylic acids is 1. The Morgan fingerprint density at radius 3 is 2.69 bits per heavy atom. The van der Waals surface area contributed by atoms with Crippen LogP contribution in [-0.4, -0.2) is 47.2 Å². The number of rotatable bonds is 9. The number of nitrogens with one attached hydrogen (secondary N) is 2. The number of hydrogen-bond donors (Lipinski definition) is 4. The molecule has 0 saturated carbocycles. The molecule has 0 saturated heterocycles. The molecule has 0 aromatic heterocycles. The van der Waals surface area contributed by atoms with Crippen LogP contribution in [0.15, 0.2) is 0 Å². The molecule has 0 radical (unpaired) electrons. The fourth-order valence-electron chi connectivity index (χ4n) is 1.11. The van der Waals surface area contributed by atoms with Gasteiger partial charge in [-0.25, -0.2) is 0 Å². The first kappa shape index (κ1) is 15.3. The summed E-state index contributed by atoms with van der Waals surface area (Å²) < 4.78 is 0. The van der Waals surface area contributed by atoms with Gasteiger partial charge in [-0.05, 0) is 11.8 Å². The van der Waals surface area contributed by atoms with Crippen LogP contribution in [0, 0.1) is 0 Å². The van der Waals surface area contributed by atoms with E-state index >= 15 is 0 Å². The Labute approximate surface area is 105 Å². The minimum atomic E-state index is -0.875. The summed E-state index contributed by atoms with van der Waals surface area (Å²) in [6.07, 6.45) is 0.413. The fraction of sp³-hybridized carbons (Fsp3) is 0.667. The maximum absolute atomic E-state index is 11.1. The third kappa shape index (κ3) is 8.63. The third-order valence-corrected chi connectivity index (χ3v) is 2.29. The summed E-state index contributed by atoms with van der Waals surface area (Å²) >= 11 is 8.48. The molecule has 0 aliphatic heterocycles. The molecule has 0 fully saturated rings. The van der Waals surface area contributed by atoms with Crippen molar-refractivity contribution in [3.63, 3.8) is 0 Å². The van der Waals surface area contributed by atoms with Gasteiger partial charge in [-0.2, -0.15) is 12.6 Å². The Kier molecular flexibility index (Phi) is 9.16. The Morgan fingerprint density at radius 2 is 2.19 bits per heavy atom. The van der Waals surface area contributed by atoms with Gasteiger partial charge in [0.2, 0.25) is 5.91 Å². The van der Waals surface area contributed by atoms with Crippen LogP contribution in [0.1, 0.15) is 12.8 Å². The topological polar surface area (TPSA) is 78.4 Å². The van der Waals surface area contributed by atoms with Gasteiger partial charge in [-0.1, -0.05) is 12.2 Å². The van der Waals surface area contributed by atoms with Gasteiger partial charge in [0.1, 0.15) is 0 Å². The molecule has 0 aromatic rings. The quantitative estimate of drug-likeness (QED) is 0.265. The molecule has 0 aromatic carbocycles. The summed E-state index contributed by atoms with van der Waals surface area (Å²) in [6.45, 7) is 1.05. The summed E-state index contributed by atoms with van der Waals surface area (Å²) in [5.74, 6) is -0.987. The number of carboxylic acids is 1. The average Bonchev–Trinajstić information content (AvgIpc) is 2.25. The molecule has 0 heterocycles. The number of thiol groups is 1. The van der Waals surface area contributed by atoms with E-state index < -0.39 is 5.97 Å². The number of thiocarbonyl (C=S) groups is 1. The zero-order valence-corrected chi connectivity index (χ0v) is 10.5. The zero-order valence-electron chi connectivity index (χ0n) is 8.81. The Morgan fingerprint density at radius 1 is 1.50 bits per heavy atom. The maximum atomic E-state index is 11.1. The van der Waals surface area contributed by atoms with E-state index in [0.717, 1.165) is 0 Å². The third-order valence-electron chi connectivity index (χ3n) is 1.83. The molecule has 5 nitrogen and oxygen atoms in total. The SMILES string of the molecule is O=C(O)CCC(CNCC=S)NC(=O)CS. The molecule has 92 valence electrons. The second-order valence-electron chi connectivity index (χ2n) is 3.18. The minimum absolute atomic E-state index is 0.0246. The highest BCUT2D eigenvalue weighted by molar-refractivity contribution is 7.81. The van der Waals surface area contributed by atoms with E-state index in [9.17, 15) is 9.59 Å². The lowest BCUT2D eigenvalue weighted by Gasteiger charge is -2.17. The first-order valence-corrected chi connectivity index (χ1v) is 5.97. The van der Waals surface area contributed by atoms with Crippen molar-refractivity contribution in [2.45, 2.75) is 18.9 Å². The molecule has 0 aliphatic rings. The molecule has 7 heteroatoms. The van der Waals surface area contributed by atoms with Crippen molar-refractivity contribution < 1.29 is 14.7 Å². The molecular formula is C9H16N2O3S2. The highest BCUT2D eigenvalue weighted by atomic mass is 32.1. The van der Waals surface area contributed by atoms with Crippen molar-refractivity contribution in [1.29, 1.82) is 0 Å². The minimum Gasteiger partial charge on any atom is -0.481 e. The highest BCUT2D eigenvalue weighted by Gasteiger charge is 2.12. The van der Waals surface area contributed by atoms with Crippen molar-refractivity contribution in [2.75, 3.05) is 18.8 Å². The van der Waals surface area contributed by atoms with Crippen molar-refractivity contribution in [3.8, 4) is 0 Å². The lowest BCUT2D eigenvalue weighted by Crippen LogP contribution is -2.43. The van der Waals surface area contributed by atoms with Crippen LogP contribution in [0.5, 0.6) is 0 Å². The van der Waals surface area contributed by atoms with Crippen LogP contribution < -0.4 is 10.6 Å². The number of hydrogen-bond acceptors (Lipinski definition) is 5. The second kappa shape index (κ2) is 9.56. The van der Waals surface area contributed by atoms with E-state index in [1.54, 1.807) is 0 Å². The Bertz CT molecular complexity index is 249. The van der Waals surface area contributed by atoms with Gasteiger partial charge in [-0.3, -0.25) is 9.59 Å². The van der Waals surface area contributed by atoms with Crippen molar-refractivity contribution in [3.05, 3.63) is 0 Å². The van der Waals surface area contributed by atoms with Crippen LogP contribution in [0.2, 0.25) is 0 Å². The molecule has 16 heavy (non-hydrogen) atoms. The average molecular weight is 264 g/mol. The van der Waals surface area contributed by atoms with Crippen LogP contribution in [0.3, 0.4) is 0 Å². The van der Waals surface area contributed by atoms with Crippen LogP contribution in [-0.2, 0) is 9.59 Å². The van der Waals surface area contributed by atoms with Crippen molar-refractivity contribution in [2.24, 2.45) is 0 Å². The van der Waals surface area contributed by atoms with Crippen LogP contribution in [0.25, 0.3) is 0 Å². The number of carbonyl (C=O) groups is 2. The van der Waals surface area contributed by atoms with Gasteiger partial charge in [-0.15, -0.1) is 0 Å². The monoisotopic (exact) mass is 264 g/mol. The van der Waals surface area contributed by atoms with E-state index in [2.05, 4.69) is 35.5 Å². The Balaban J connectivity index is 3.98. The largest absolute Gasteiger partial charge is 0.481 e. The van der Waals surface area contributed by atoms with E-state index in [1.807, 2.05) is 0 Å². The smallest absolute Gasteiger partial charge is 0.303 e. The molecule has 1 amide bonds. The normalized spacial score (nSPS) is 11.8. The van der Waals surface area contributed by atoms with Gasteiger partial charge in [0.05, 0.1) is 5.75 Å². The number of amides is 1. The number of carboxylic acid groups (broad SMARTS) is 1. The fourth-order valence-corrected chi connectivity index (χ4v) is 1.32. The molecule has 1 unspecified atom stereocenters. The summed E-state index contributed by atoms with van der Waals surface area (Å²) in [6, 6.07) is -0.203. The van der Waals surface area contributed by atoms with E-state index in [1.165, 1.54) is 5.37 Å². The van der Waals surface area contributed by atoms with Gasteiger partial charge in [0.15, 0.2) is 0 Å². The summed E-state index contributed by atoms with van der Waals surface area (Å²) in [7, 11) is 0. The van der Waals surface area contributed by atoms with E-state index in [4.69, 9.17) is 5.11 Å². The number of carbonyl (C=O) groups excluding carboxylic acids is 1. The van der Waals surface area contributed by atoms with Crippen molar-refractivity contribution in [1.82, 2.24) is 10.6 Å². The Hall–Kier alpha value is -0.660. The maximum Gasteiger partial charge on any atom is 0.303 e. The molecule has 0 spiro atoms. The first-order chi connectivity index (χ1) is 7.60. The summed E-state index contributed by atoms with van der Waals surface area (Å²) in [5.41, 5.74) is 0.